The molecule has 1 atom stereocenters. The smallest absolute Gasteiger partial charge is 0.251 e. The summed E-state index contributed by atoms with van der Waals surface area (Å²) in [6.45, 7) is 1.84. The number of hydrogen-bond donors (Lipinski definition) is 1. The van der Waals surface area contributed by atoms with Crippen LogP contribution in [0.2, 0.25) is 0 Å². The number of amides is 1. The van der Waals surface area contributed by atoms with Crippen molar-refractivity contribution in [3.8, 4) is 0 Å². The zero-order valence-corrected chi connectivity index (χ0v) is 10.4. The van der Waals surface area contributed by atoms with Gasteiger partial charge in [-0.25, -0.2) is 0 Å². The van der Waals surface area contributed by atoms with Crippen LogP contribution < -0.4 is 5.32 Å². The molecule has 1 amide bonds. The molecule has 0 saturated carbocycles. The third kappa shape index (κ3) is 3.94. The van der Waals surface area contributed by atoms with Crippen LogP contribution in [0.3, 0.4) is 0 Å². The van der Waals surface area contributed by atoms with Crippen LogP contribution >= 0.6 is 22.6 Å². The summed E-state index contributed by atoms with van der Waals surface area (Å²) in [4.78, 5) is 21.6. The molecule has 0 aliphatic heterocycles. The van der Waals surface area contributed by atoms with E-state index >= 15 is 0 Å². The highest BCUT2D eigenvalue weighted by atomic mass is 127. The number of carbonyl (C=O) groups excluding carboxylic acids is 1. The van der Waals surface area contributed by atoms with Gasteiger partial charge in [-0.2, -0.15) is 4.91 Å². The Morgan fingerprint density at radius 1 is 1.60 bits per heavy atom. The van der Waals surface area contributed by atoms with Gasteiger partial charge in [0.05, 0.1) is 0 Å². The van der Waals surface area contributed by atoms with Crippen LogP contribution in [-0.4, -0.2) is 18.5 Å². The van der Waals surface area contributed by atoms with Crippen molar-refractivity contribution in [1.29, 1.82) is 0 Å². The van der Waals surface area contributed by atoms with E-state index in [0.717, 1.165) is 3.57 Å². The molecule has 0 fully saturated rings. The molecule has 1 aromatic rings. The Labute approximate surface area is 102 Å². The number of carbonyl (C=O) groups is 1. The van der Waals surface area contributed by atoms with E-state index in [1.54, 1.807) is 19.1 Å². The van der Waals surface area contributed by atoms with Crippen LogP contribution in [0.25, 0.3) is 0 Å². The van der Waals surface area contributed by atoms with Gasteiger partial charge < -0.3 is 5.32 Å². The van der Waals surface area contributed by atoms with Gasteiger partial charge in [0.1, 0.15) is 6.54 Å². The van der Waals surface area contributed by atoms with E-state index in [1.807, 2.05) is 12.1 Å². The molecule has 0 heterocycles. The van der Waals surface area contributed by atoms with Gasteiger partial charge in [-0.1, -0.05) is 11.2 Å². The maximum Gasteiger partial charge on any atom is 0.251 e. The van der Waals surface area contributed by atoms with Gasteiger partial charge >= 0.3 is 0 Å². The average Bonchev–Trinajstić information content (AvgIpc) is 2.18. The minimum Gasteiger partial charge on any atom is -0.348 e. The molecule has 1 rings (SSSR count). The molecule has 0 saturated heterocycles. The van der Waals surface area contributed by atoms with E-state index in [9.17, 15) is 9.70 Å². The number of rotatable bonds is 4. The minimum atomic E-state index is -0.229. The highest BCUT2D eigenvalue weighted by Gasteiger charge is 2.09. The van der Waals surface area contributed by atoms with E-state index in [0.29, 0.717) is 5.56 Å². The van der Waals surface area contributed by atoms with E-state index in [2.05, 4.69) is 33.1 Å². The SMILES string of the molecule is CC(CN=O)NC(=O)c1cccc(I)c1. The molecule has 0 aliphatic rings. The first-order chi connectivity index (χ1) is 7.13. The van der Waals surface area contributed by atoms with Crippen LogP contribution in [-0.2, 0) is 0 Å². The fourth-order valence-electron chi connectivity index (χ4n) is 1.09. The number of nitrogens with one attached hydrogen (secondary N) is 1. The van der Waals surface area contributed by atoms with Crippen molar-refractivity contribution in [2.75, 3.05) is 6.54 Å². The minimum absolute atomic E-state index is 0.0929. The van der Waals surface area contributed by atoms with E-state index in [1.165, 1.54) is 0 Å². The highest BCUT2D eigenvalue weighted by molar-refractivity contribution is 14.1. The normalized spacial score (nSPS) is 11.9. The first kappa shape index (κ1) is 12.1. The lowest BCUT2D eigenvalue weighted by molar-refractivity contribution is 0.0941. The van der Waals surface area contributed by atoms with Crippen LogP contribution in [0.15, 0.2) is 29.4 Å². The van der Waals surface area contributed by atoms with Gasteiger partial charge in [0.2, 0.25) is 0 Å². The Hall–Kier alpha value is -0.980. The predicted molar refractivity (Wildman–Crippen MR) is 66.7 cm³/mol. The Balaban J connectivity index is 2.65. The first-order valence-electron chi connectivity index (χ1n) is 4.49. The molecule has 1 unspecified atom stereocenters. The molecule has 0 aromatic heterocycles. The van der Waals surface area contributed by atoms with Crippen LogP contribution in [0.5, 0.6) is 0 Å². The molecule has 80 valence electrons. The Bertz CT molecular complexity index is 368. The molecule has 0 spiro atoms. The van der Waals surface area contributed by atoms with Crippen molar-refractivity contribution in [3.05, 3.63) is 38.3 Å². The standard InChI is InChI=1S/C10H11IN2O2/c1-7(6-12-15)13-10(14)8-3-2-4-9(11)5-8/h2-5,7H,6H2,1H3,(H,13,14). The third-order valence-electron chi connectivity index (χ3n) is 1.81. The summed E-state index contributed by atoms with van der Waals surface area (Å²) in [6.07, 6.45) is 0. The lowest BCUT2D eigenvalue weighted by Crippen LogP contribution is -2.34. The number of nitroso groups, excluding NO2 is 1. The van der Waals surface area contributed by atoms with Crippen LogP contribution in [0, 0.1) is 8.48 Å². The number of hydrogen-bond acceptors (Lipinski definition) is 3. The molecule has 4 nitrogen and oxygen atoms in total. The van der Waals surface area contributed by atoms with Gasteiger partial charge in [-0.05, 0) is 47.7 Å². The van der Waals surface area contributed by atoms with E-state index < -0.39 is 0 Å². The topological polar surface area (TPSA) is 58.5 Å². The second-order valence-corrected chi connectivity index (χ2v) is 4.44. The molecule has 0 bridgehead atoms. The summed E-state index contributed by atoms with van der Waals surface area (Å²) >= 11 is 2.14. The zero-order chi connectivity index (χ0) is 11.3. The zero-order valence-electron chi connectivity index (χ0n) is 8.24. The molecule has 15 heavy (non-hydrogen) atoms. The maximum atomic E-state index is 11.6. The molecule has 1 N–H and O–H groups in total. The molecular weight excluding hydrogens is 307 g/mol. The van der Waals surface area contributed by atoms with Crippen LogP contribution in [0.4, 0.5) is 0 Å². The average molecular weight is 318 g/mol. The van der Waals surface area contributed by atoms with Crippen molar-refractivity contribution in [2.45, 2.75) is 13.0 Å². The van der Waals surface area contributed by atoms with Gasteiger partial charge in [-0.15, -0.1) is 0 Å². The van der Waals surface area contributed by atoms with Crippen molar-refractivity contribution in [3.63, 3.8) is 0 Å². The summed E-state index contributed by atoms with van der Waals surface area (Å²) in [5.74, 6) is -0.176. The molecule has 5 heteroatoms. The van der Waals surface area contributed by atoms with Crippen molar-refractivity contribution in [2.24, 2.45) is 5.18 Å². The maximum absolute atomic E-state index is 11.6. The van der Waals surface area contributed by atoms with E-state index in [-0.39, 0.29) is 18.5 Å². The Morgan fingerprint density at radius 3 is 2.93 bits per heavy atom. The predicted octanol–water partition coefficient (Wildman–Crippen LogP) is 2.18. The van der Waals surface area contributed by atoms with Crippen molar-refractivity contribution < 1.29 is 4.79 Å². The second-order valence-electron chi connectivity index (χ2n) is 3.20. The van der Waals surface area contributed by atoms with Crippen molar-refractivity contribution >= 4 is 28.5 Å². The number of benzene rings is 1. The van der Waals surface area contributed by atoms with Gasteiger partial charge in [0.25, 0.3) is 5.91 Å². The summed E-state index contributed by atoms with van der Waals surface area (Å²) in [6, 6.07) is 7.02. The summed E-state index contributed by atoms with van der Waals surface area (Å²) in [5, 5.41) is 5.42. The summed E-state index contributed by atoms with van der Waals surface area (Å²) < 4.78 is 1.00. The molecule has 1 aromatic carbocycles. The van der Waals surface area contributed by atoms with Crippen molar-refractivity contribution in [1.82, 2.24) is 5.32 Å². The van der Waals surface area contributed by atoms with Gasteiger partial charge in [-0.3, -0.25) is 4.79 Å². The largest absolute Gasteiger partial charge is 0.348 e. The van der Waals surface area contributed by atoms with Gasteiger partial charge in [0.15, 0.2) is 0 Å². The highest BCUT2D eigenvalue weighted by Crippen LogP contribution is 2.07. The second kappa shape index (κ2) is 5.79. The molecule has 0 radical (unpaired) electrons. The lowest BCUT2D eigenvalue weighted by Gasteiger charge is -2.09. The first-order valence-corrected chi connectivity index (χ1v) is 5.57. The fraction of sp³-hybridized carbons (Fsp3) is 0.300. The molecular formula is C10H11IN2O2. The van der Waals surface area contributed by atoms with Crippen LogP contribution in [0.1, 0.15) is 17.3 Å². The quantitative estimate of drug-likeness (QED) is 0.683. The lowest BCUT2D eigenvalue weighted by atomic mass is 10.2. The number of nitrogens with zero attached hydrogens (tertiary/aromatic N) is 1. The molecule has 0 aliphatic carbocycles. The Morgan fingerprint density at radius 2 is 2.33 bits per heavy atom. The third-order valence-corrected chi connectivity index (χ3v) is 2.48. The Kier molecular flexibility index (Phi) is 4.67. The fourth-order valence-corrected chi connectivity index (χ4v) is 1.64. The summed E-state index contributed by atoms with van der Waals surface area (Å²) in [7, 11) is 0. The monoisotopic (exact) mass is 318 g/mol. The van der Waals surface area contributed by atoms with E-state index in [4.69, 9.17) is 0 Å². The number of halogens is 1. The van der Waals surface area contributed by atoms with Gasteiger partial charge in [0, 0.05) is 15.2 Å². The summed E-state index contributed by atoms with van der Waals surface area (Å²) in [5.41, 5.74) is 0.597.